The van der Waals surface area contributed by atoms with E-state index >= 15 is 0 Å². The van der Waals surface area contributed by atoms with Crippen molar-refractivity contribution in [1.29, 1.82) is 0 Å². The Bertz CT molecular complexity index is 1030. The molecule has 2 N–H and O–H groups in total. The van der Waals surface area contributed by atoms with Crippen LogP contribution < -0.4 is 10.6 Å². The van der Waals surface area contributed by atoms with Gasteiger partial charge in [0.15, 0.2) is 17.5 Å². The van der Waals surface area contributed by atoms with Gasteiger partial charge in [0.05, 0.1) is 24.5 Å². The maximum atomic E-state index is 13.5. The average Bonchev–Trinajstić information content (AvgIpc) is 3.27. The lowest BCUT2D eigenvalue weighted by atomic mass is 10.1. The number of anilines is 1. The molecule has 7 nitrogen and oxygen atoms in total. The van der Waals surface area contributed by atoms with Crippen LogP contribution in [0.4, 0.5) is 18.9 Å². The number of benzene rings is 2. The molecule has 0 saturated carbocycles. The number of hydrogen-bond acceptors (Lipinski definition) is 4. The van der Waals surface area contributed by atoms with Gasteiger partial charge in [0.25, 0.3) is 0 Å². The molecule has 1 aliphatic heterocycles. The first-order valence-electron chi connectivity index (χ1n) is 9.48. The quantitative estimate of drug-likeness (QED) is 0.659. The zero-order chi connectivity index (χ0) is 22.4. The lowest BCUT2D eigenvalue weighted by molar-refractivity contribution is -0.133. The Kier molecular flexibility index (Phi) is 7.01. The molecule has 2 aromatic rings. The molecule has 0 aliphatic carbocycles. The van der Waals surface area contributed by atoms with Crippen LogP contribution in [0.2, 0.25) is 0 Å². The SMILES string of the molecule is O=C(CCC(=O)N1CCC(c2ccccc2)=N1)NCC(=O)Nc1ccc(F)c(F)c1F. The highest BCUT2D eigenvalue weighted by Crippen LogP contribution is 2.19. The van der Waals surface area contributed by atoms with Crippen LogP contribution >= 0.6 is 0 Å². The Labute approximate surface area is 175 Å². The molecule has 0 unspecified atom stereocenters. The van der Waals surface area contributed by atoms with Gasteiger partial charge in [-0.1, -0.05) is 30.3 Å². The topological polar surface area (TPSA) is 90.9 Å². The van der Waals surface area contributed by atoms with Crippen molar-refractivity contribution in [3.8, 4) is 0 Å². The minimum atomic E-state index is -1.71. The molecule has 31 heavy (non-hydrogen) atoms. The Morgan fingerprint density at radius 2 is 1.68 bits per heavy atom. The van der Waals surface area contributed by atoms with Gasteiger partial charge < -0.3 is 10.6 Å². The second-order valence-electron chi connectivity index (χ2n) is 6.73. The van der Waals surface area contributed by atoms with Crippen LogP contribution in [-0.2, 0) is 14.4 Å². The second-order valence-corrected chi connectivity index (χ2v) is 6.73. The Balaban J connectivity index is 1.42. The molecule has 0 atom stereocenters. The standard InChI is InChI=1S/C21H19F3N4O3/c22-14-6-7-16(21(24)20(14)23)26-18(30)12-25-17(29)8-9-19(31)28-11-10-15(27-28)13-4-2-1-3-5-13/h1-7H,8-12H2,(H,25,29)(H,26,30). The smallest absolute Gasteiger partial charge is 0.243 e. The molecule has 0 radical (unpaired) electrons. The molecule has 3 rings (SSSR count). The number of hydrogen-bond donors (Lipinski definition) is 2. The van der Waals surface area contributed by atoms with E-state index in [1.807, 2.05) is 35.6 Å². The van der Waals surface area contributed by atoms with Gasteiger partial charge in [0.2, 0.25) is 17.7 Å². The maximum Gasteiger partial charge on any atom is 0.243 e. The normalized spacial score (nSPS) is 13.0. The third-order valence-electron chi connectivity index (χ3n) is 4.52. The summed E-state index contributed by atoms with van der Waals surface area (Å²) in [7, 11) is 0. The van der Waals surface area contributed by atoms with Crippen molar-refractivity contribution in [1.82, 2.24) is 10.3 Å². The molecular formula is C21H19F3N4O3. The number of hydrazone groups is 1. The van der Waals surface area contributed by atoms with Crippen LogP contribution in [0.3, 0.4) is 0 Å². The third-order valence-corrected chi connectivity index (χ3v) is 4.52. The molecule has 0 bridgehead atoms. The van der Waals surface area contributed by atoms with E-state index < -0.39 is 41.5 Å². The second kappa shape index (κ2) is 9.88. The lowest BCUT2D eigenvalue weighted by Gasteiger charge is -2.11. The third kappa shape index (κ3) is 5.68. The molecule has 1 heterocycles. The highest BCUT2D eigenvalue weighted by Gasteiger charge is 2.22. The summed E-state index contributed by atoms with van der Waals surface area (Å²) >= 11 is 0. The van der Waals surface area contributed by atoms with E-state index in [0.717, 1.165) is 17.3 Å². The molecule has 0 fully saturated rings. The zero-order valence-electron chi connectivity index (χ0n) is 16.3. The van der Waals surface area contributed by atoms with Gasteiger partial charge in [-0.3, -0.25) is 14.4 Å². The summed E-state index contributed by atoms with van der Waals surface area (Å²) in [6.45, 7) is -0.0988. The van der Waals surface area contributed by atoms with Crippen LogP contribution in [0.5, 0.6) is 0 Å². The number of halogens is 3. The van der Waals surface area contributed by atoms with E-state index in [4.69, 9.17) is 0 Å². The lowest BCUT2D eigenvalue weighted by Crippen LogP contribution is -2.34. The number of nitrogens with one attached hydrogen (secondary N) is 2. The molecule has 1 aliphatic rings. The fourth-order valence-corrected chi connectivity index (χ4v) is 2.90. The van der Waals surface area contributed by atoms with Crippen molar-refractivity contribution >= 4 is 29.1 Å². The highest BCUT2D eigenvalue weighted by atomic mass is 19.2. The van der Waals surface area contributed by atoms with Crippen LogP contribution in [0.15, 0.2) is 47.6 Å². The van der Waals surface area contributed by atoms with Crippen molar-refractivity contribution in [2.45, 2.75) is 19.3 Å². The van der Waals surface area contributed by atoms with E-state index in [9.17, 15) is 27.6 Å². The summed E-state index contributed by atoms with van der Waals surface area (Å²) in [6.07, 6.45) is 0.345. The first-order chi connectivity index (χ1) is 14.8. The van der Waals surface area contributed by atoms with E-state index in [1.165, 1.54) is 5.01 Å². The fourth-order valence-electron chi connectivity index (χ4n) is 2.90. The van der Waals surface area contributed by atoms with Crippen LogP contribution in [0.25, 0.3) is 0 Å². The number of carbonyl (C=O) groups excluding carboxylic acids is 3. The van der Waals surface area contributed by atoms with Crippen molar-refractivity contribution < 1.29 is 27.6 Å². The average molecular weight is 432 g/mol. The molecule has 2 aromatic carbocycles. The van der Waals surface area contributed by atoms with Crippen molar-refractivity contribution in [3.63, 3.8) is 0 Å². The van der Waals surface area contributed by atoms with E-state index in [0.29, 0.717) is 19.0 Å². The van der Waals surface area contributed by atoms with Gasteiger partial charge in [0.1, 0.15) is 0 Å². The molecular weight excluding hydrogens is 413 g/mol. The van der Waals surface area contributed by atoms with Crippen molar-refractivity contribution in [2.24, 2.45) is 5.10 Å². The predicted molar refractivity (Wildman–Crippen MR) is 106 cm³/mol. The first-order valence-corrected chi connectivity index (χ1v) is 9.48. The molecule has 0 saturated heterocycles. The van der Waals surface area contributed by atoms with Gasteiger partial charge in [0, 0.05) is 19.3 Å². The number of carbonyl (C=O) groups is 3. The number of amides is 3. The van der Waals surface area contributed by atoms with Gasteiger partial charge in [-0.25, -0.2) is 18.2 Å². The highest BCUT2D eigenvalue weighted by molar-refractivity contribution is 6.02. The summed E-state index contributed by atoms with van der Waals surface area (Å²) in [5.74, 6) is -6.35. The largest absolute Gasteiger partial charge is 0.347 e. The fraction of sp³-hybridized carbons (Fsp3) is 0.238. The molecule has 3 amide bonds. The van der Waals surface area contributed by atoms with Gasteiger partial charge in [-0.15, -0.1) is 0 Å². The molecule has 162 valence electrons. The first kappa shape index (κ1) is 22.0. The minimum Gasteiger partial charge on any atom is -0.347 e. The van der Waals surface area contributed by atoms with E-state index in [-0.39, 0.29) is 18.7 Å². The van der Waals surface area contributed by atoms with Crippen LogP contribution in [-0.4, -0.2) is 41.5 Å². The van der Waals surface area contributed by atoms with Crippen LogP contribution in [0, 0.1) is 17.5 Å². The van der Waals surface area contributed by atoms with Crippen molar-refractivity contribution in [2.75, 3.05) is 18.4 Å². The summed E-state index contributed by atoms with van der Waals surface area (Å²) in [4.78, 5) is 35.9. The summed E-state index contributed by atoms with van der Waals surface area (Å²) in [5.41, 5.74) is 1.17. The van der Waals surface area contributed by atoms with Gasteiger partial charge in [-0.05, 0) is 17.7 Å². The summed E-state index contributed by atoms with van der Waals surface area (Å²) in [5, 5.41) is 9.92. The van der Waals surface area contributed by atoms with Crippen molar-refractivity contribution in [3.05, 3.63) is 65.5 Å². The molecule has 10 heteroatoms. The zero-order valence-corrected chi connectivity index (χ0v) is 16.3. The number of rotatable bonds is 7. The Morgan fingerprint density at radius 1 is 0.935 bits per heavy atom. The molecule has 0 aromatic heterocycles. The monoisotopic (exact) mass is 432 g/mol. The summed E-state index contributed by atoms with van der Waals surface area (Å²) < 4.78 is 39.6. The predicted octanol–water partition coefficient (Wildman–Crippen LogP) is 2.58. The Hall–Kier alpha value is -3.69. The summed E-state index contributed by atoms with van der Waals surface area (Å²) in [6, 6.07) is 11.0. The molecule has 0 spiro atoms. The number of nitrogens with zero attached hydrogens (tertiary/aromatic N) is 2. The van der Waals surface area contributed by atoms with E-state index in [2.05, 4.69) is 10.4 Å². The maximum absolute atomic E-state index is 13.5. The van der Waals surface area contributed by atoms with Gasteiger partial charge in [-0.2, -0.15) is 5.10 Å². The van der Waals surface area contributed by atoms with Crippen LogP contribution in [0.1, 0.15) is 24.8 Å². The minimum absolute atomic E-state index is 0.100. The Morgan fingerprint density at radius 3 is 2.42 bits per heavy atom. The van der Waals surface area contributed by atoms with E-state index in [1.54, 1.807) is 0 Å². The van der Waals surface area contributed by atoms with Gasteiger partial charge >= 0.3 is 0 Å².